The zero-order chi connectivity index (χ0) is 15.0. The molecule has 0 spiro atoms. The number of aryl methyl sites for hydroxylation is 1. The van der Waals surface area contributed by atoms with E-state index in [0.717, 1.165) is 26.8 Å². The predicted octanol–water partition coefficient (Wildman–Crippen LogP) is 5.42. The normalized spacial score (nSPS) is 12.8. The molecule has 2 nitrogen and oxygen atoms in total. The van der Waals surface area contributed by atoms with Gasteiger partial charge in [-0.15, -0.1) is 0 Å². The van der Waals surface area contributed by atoms with E-state index in [0.29, 0.717) is 0 Å². The van der Waals surface area contributed by atoms with E-state index >= 15 is 0 Å². The zero-order valence-corrected chi connectivity index (χ0v) is 15.5. The average molecular weight is 456 g/mol. The van der Waals surface area contributed by atoms with Crippen molar-refractivity contribution in [1.82, 2.24) is 5.32 Å². The quantitative estimate of drug-likeness (QED) is 0.533. The highest BCUT2D eigenvalue weighted by Crippen LogP contribution is 2.33. The molecular weight excluding hydrogens is 441 g/mol. The second kappa shape index (κ2) is 6.10. The Morgan fingerprint density at radius 1 is 1.19 bits per heavy atom. The minimum Gasteiger partial charge on any atom is -0.459 e. The molecule has 0 bridgehead atoms. The largest absolute Gasteiger partial charge is 0.459 e. The van der Waals surface area contributed by atoms with Gasteiger partial charge < -0.3 is 9.73 Å². The summed E-state index contributed by atoms with van der Waals surface area (Å²) in [6, 6.07) is 14.7. The molecule has 3 rings (SSSR count). The number of nitrogens with one attached hydrogen (secondary N) is 1. The van der Waals surface area contributed by atoms with Gasteiger partial charge in [0.15, 0.2) is 0 Å². The van der Waals surface area contributed by atoms with E-state index in [9.17, 15) is 0 Å². The summed E-state index contributed by atoms with van der Waals surface area (Å²) >= 11 is 5.97. The Bertz CT molecular complexity index is 797. The summed E-state index contributed by atoms with van der Waals surface area (Å²) < 4.78 is 8.40. The maximum absolute atomic E-state index is 6.12. The van der Waals surface area contributed by atoms with E-state index in [1.54, 1.807) is 0 Å². The van der Waals surface area contributed by atoms with Gasteiger partial charge in [0.2, 0.25) is 0 Å². The summed E-state index contributed by atoms with van der Waals surface area (Å²) in [6.45, 7) is 2.07. The summed E-state index contributed by atoms with van der Waals surface area (Å²) in [6.07, 6.45) is 0. The second-order valence-electron chi connectivity index (χ2n) is 5.03. The molecule has 0 saturated carbocycles. The van der Waals surface area contributed by atoms with Crippen LogP contribution in [0.25, 0.3) is 11.0 Å². The number of hydrogen-bond donors (Lipinski definition) is 1. The van der Waals surface area contributed by atoms with Crippen molar-refractivity contribution in [1.29, 1.82) is 0 Å². The molecule has 3 aromatic rings. The first-order valence-electron chi connectivity index (χ1n) is 6.71. The maximum Gasteiger partial charge on any atom is 0.137 e. The number of hydrogen-bond acceptors (Lipinski definition) is 2. The fourth-order valence-electron chi connectivity index (χ4n) is 2.56. The van der Waals surface area contributed by atoms with Gasteiger partial charge in [-0.3, -0.25) is 0 Å². The van der Waals surface area contributed by atoms with Gasteiger partial charge >= 0.3 is 0 Å². The van der Waals surface area contributed by atoms with Crippen LogP contribution in [-0.4, -0.2) is 7.05 Å². The third-order valence-electron chi connectivity index (χ3n) is 3.60. The van der Waals surface area contributed by atoms with Gasteiger partial charge in [-0.05, 0) is 72.0 Å². The van der Waals surface area contributed by atoms with Gasteiger partial charge in [0.25, 0.3) is 0 Å². The number of para-hydroxylation sites is 1. The van der Waals surface area contributed by atoms with E-state index in [2.05, 4.69) is 93.2 Å². The van der Waals surface area contributed by atoms with E-state index in [4.69, 9.17) is 4.42 Å². The minimum atomic E-state index is 0.0286. The third-order valence-corrected chi connectivity index (χ3v) is 5.00. The maximum atomic E-state index is 6.12. The van der Waals surface area contributed by atoms with Crippen molar-refractivity contribution in [2.45, 2.75) is 13.0 Å². The molecule has 1 atom stereocenters. The highest BCUT2D eigenvalue weighted by Gasteiger charge is 2.20. The lowest BCUT2D eigenvalue weighted by molar-refractivity contribution is 0.489. The van der Waals surface area contributed by atoms with Crippen molar-refractivity contribution in [3.63, 3.8) is 0 Å². The molecule has 0 amide bonds. The molecule has 1 unspecified atom stereocenters. The number of benzene rings is 2. The van der Waals surface area contributed by atoms with Gasteiger partial charge in [-0.1, -0.05) is 34.1 Å². The Morgan fingerprint density at radius 3 is 2.71 bits per heavy atom. The molecule has 0 saturated heterocycles. The molecule has 0 aliphatic carbocycles. The molecule has 108 valence electrons. The lowest BCUT2D eigenvalue weighted by Crippen LogP contribution is -2.17. The Morgan fingerprint density at radius 2 is 2.00 bits per heavy atom. The monoisotopic (exact) mass is 455 g/mol. The Balaban J connectivity index is 2.13. The fourth-order valence-corrected chi connectivity index (χ4v) is 3.55. The number of fused-ring (bicyclic) bond motifs is 1. The third kappa shape index (κ3) is 2.89. The number of rotatable bonds is 3. The fraction of sp³-hybridized carbons (Fsp3) is 0.176. The van der Waals surface area contributed by atoms with Crippen LogP contribution in [0.5, 0.6) is 0 Å². The first-order chi connectivity index (χ1) is 10.1. The highest BCUT2D eigenvalue weighted by atomic mass is 127. The van der Waals surface area contributed by atoms with E-state index < -0.39 is 0 Å². The van der Waals surface area contributed by atoms with Gasteiger partial charge in [-0.2, -0.15) is 0 Å². The molecule has 1 heterocycles. The summed E-state index contributed by atoms with van der Waals surface area (Å²) in [4.78, 5) is 0. The van der Waals surface area contributed by atoms with Crippen LogP contribution >= 0.6 is 38.5 Å². The van der Waals surface area contributed by atoms with Crippen LogP contribution in [0.1, 0.15) is 22.9 Å². The SMILES string of the molecule is CNC(c1cc2cccc(C)c2o1)c1cc(I)ccc1Br. The molecule has 0 fully saturated rings. The van der Waals surface area contributed by atoms with Gasteiger partial charge in [0.05, 0.1) is 6.04 Å². The van der Waals surface area contributed by atoms with E-state index in [1.165, 1.54) is 9.13 Å². The number of halogens is 2. The Hall–Kier alpha value is -0.850. The zero-order valence-electron chi connectivity index (χ0n) is 11.8. The van der Waals surface area contributed by atoms with Crippen molar-refractivity contribution in [2.75, 3.05) is 7.05 Å². The summed E-state index contributed by atoms with van der Waals surface area (Å²) in [5.41, 5.74) is 3.31. The van der Waals surface area contributed by atoms with Crippen LogP contribution in [0.15, 0.2) is 51.4 Å². The summed E-state index contributed by atoms with van der Waals surface area (Å²) in [5, 5.41) is 4.50. The molecule has 4 heteroatoms. The smallest absolute Gasteiger partial charge is 0.137 e. The van der Waals surface area contributed by atoms with Crippen LogP contribution in [0, 0.1) is 10.5 Å². The van der Waals surface area contributed by atoms with Crippen molar-refractivity contribution in [3.8, 4) is 0 Å². The van der Waals surface area contributed by atoms with Crippen molar-refractivity contribution >= 4 is 49.5 Å². The van der Waals surface area contributed by atoms with Crippen molar-refractivity contribution in [3.05, 3.63) is 67.4 Å². The van der Waals surface area contributed by atoms with Crippen LogP contribution in [0.2, 0.25) is 0 Å². The standard InChI is InChI=1S/C17H15BrINO/c1-10-4-3-5-11-8-15(21-17(10)11)16(20-2)13-9-12(19)6-7-14(13)18/h3-9,16,20H,1-2H3. The lowest BCUT2D eigenvalue weighted by Gasteiger charge is -2.16. The van der Waals surface area contributed by atoms with Crippen LogP contribution in [0.3, 0.4) is 0 Å². The molecule has 21 heavy (non-hydrogen) atoms. The number of furan rings is 1. The molecule has 0 aliphatic rings. The first kappa shape index (κ1) is 15.1. The van der Waals surface area contributed by atoms with E-state index in [-0.39, 0.29) is 6.04 Å². The average Bonchev–Trinajstić information content (AvgIpc) is 2.89. The molecule has 2 aromatic carbocycles. The van der Waals surface area contributed by atoms with Crippen LogP contribution in [-0.2, 0) is 0 Å². The van der Waals surface area contributed by atoms with Crippen molar-refractivity contribution in [2.24, 2.45) is 0 Å². The highest BCUT2D eigenvalue weighted by molar-refractivity contribution is 14.1. The van der Waals surface area contributed by atoms with Crippen LogP contribution in [0.4, 0.5) is 0 Å². The van der Waals surface area contributed by atoms with Crippen LogP contribution < -0.4 is 5.32 Å². The molecule has 0 radical (unpaired) electrons. The molecular formula is C17H15BrINO. The Labute approximate surface area is 146 Å². The Kier molecular flexibility index (Phi) is 4.38. The van der Waals surface area contributed by atoms with Gasteiger partial charge in [0.1, 0.15) is 11.3 Å². The first-order valence-corrected chi connectivity index (χ1v) is 8.58. The van der Waals surface area contributed by atoms with Gasteiger partial charge in [0, 0.05) is 13.4 Å². The van der Waals surface area contributed by atoms with Gasteiger partial charge in [-0.25, -0.2) is 0 Å². The predicted molar refractivity (Wildman–Crippen MR) is 98.7 cm³/mol. The second-order valence-corrected chi connectivity index (χ2v) is 7.13. The molecule has 1 aromatic heterocycles. The summed E-state index contributed by atoms with van der Waals surface area (Å²) in [5.74, 6) is 0.935. The topological polar surface area (TPSA) is 25.2 Å². The van der Waals surface area contributed by atoms with E-state index in [1.807, 2.05) is 7.05 Å². The van der Waals surface area contributed by atoms with Crippen molar-refractivity contribution < 1.29 is 4.42 Å². The lowest BCUT2D eigenvalue weighted by atomic mass is 10.0. The minimum absolute atomic E-state index is 0.0286. The summed E-state index contributed by atoms with van der Waals surface area (Å²) in [7, 11) is 1.96. The molecule has 1 N–H and O–H groups in total. The molecule has 0 aliphatic heterocycles.